The van der Waals surface area contributed by atoms with Gasteiger partial charge in [0.25, 0.3) is 0 Å². The number of carbonyl (C=O) groups excluding carboxylic acids is 1. The van der Waals surface area contributed by atoms with Crippen LogP contribution in [0, 0.1) is 0 Å². The molecule has 0 atom stereocenters. The highest BCUT2D eigenvalue weighted by molar-refractivity contribution is 7.03. The van der Waals surface area contributed by atoms with Crippen LogP contribution in [0.3, 0.4) is 0 Å². The van der Waals surface area contributed by atoms with Crippen molar-refractivity contribution in [1.82, 2.24) is 4.37 Å². The Labute approximate surface area is 73.3 Å². The van der Waals surface area contributed by atoms with Crippen molar-refractivity contribution >= 4 is 17.5 Å². The Hall–Kier alpha value is -1.10. The molecule has 0 radical (unpaired) electrons. The van der Waals surface area contributed by atoms with E-state index in [4.69, 9.17) is 4.74 Å². The SMILES string of the molecule is CC(C)OC(=O)c1cc(=O)s[nH]1. The average Bonchev–Trinajstić information content (AvgIpc) is 2.34. The quantitative estimate of drug-likeness (QED) is 0.703. The molecule has 1 aromatic rings. The second kappa shape index (κ2) is 3.53. The Bertz CT molecular complexity index is 325. The van der Waals surface area contributed by atoms with Gasteiger partial charge in [0.05, 0.1) is 6.10 Å². The molecule has 0 bridgehead atoms. The smallest absolute Gasteiger partial charge is 0.355 e. The Morgan fingerprint density at radius 1 is 1.67 bits per heavy atom. The molecule has 0 saturated heterocycles. The molecule has 0 aromatic carbocycles. The van der Waals surface area contributed by atoms with Crippen molar-refractivity contribution < 1.29 is 9.53 Å². The van der Waals surface area contributed by atoms with E-state index in [1.165, 1.54) is 6.07 Å². The third-order valence-electron chi connectivity index (χ3n) is 1.09. The fourth-order valence-electron chi connectivity index (χ4n) is 0.660. The fourth-order valence-corrected chi connectivity index (χ4v) is 1.19. The maximum absolute atomic E-state index is 11.1. The van der Waals surface area contributed by atoms with Crippen LogP contribution in [0.4, 0.5) is 0 Å². The van der Waals surface area contributed by atoms with Crippen molar-refractivity contribution in [1.29, 1.82) is 0 Å². The Balaban J connectivity index is 2.72. The first kappa shape index (κ1) is 8.99. The van der Waals surface area contributed by atoms with Gasteiger partial charge in [-0.1, -0.05) is 0 Å². The Morgan fingerprint density at radius 3 is 2.75 bits per heavy atom. The summed E-state index contributed by atoms with van der Waals surface area (Å²) in [4.78, 5) is 21.7. The van der Waals surface area contributed by atoms with E-state index in [1.54, 1.807) is 13.8 Å². The first-order chi connectivity index (χ1) is 5.59. The van der Waals surface area contributed by atoms with Crippen LogP contribution in [0.2, 0.25) is 0 Å². The third kappa shape index (κ3) is 2.20. The van der Waals surface area contributed by atoms with Gasteiger partial charge in [0, 0.05) is 6.07 Å². The van der Waals surface area contributed by atoms with Gasteiger partial charge in [0.15, 0.2) is 0 Å². The molecule has 1 aromatic heterocycles. The van der Waals surface area contributed by atoms with E-state index >= 15 is 0 Å². The molecule has 5 heteroatoms. The Kier molecular flexibility index (Phi) is 2.65. The molecule has 0 aliphatic carbocycles. The number of carbonyl (C=O) groups is 1. The van der Waals surface area contributed by atoms with E-state index in [2.05, 4.69) is 4.37 Å². The molecule has 66 valence electrons. The monoisotopic (exact) mass is 187 g/mol. The molecule has 1 heterocycles. The van der Waals surface area contributed by atoms with E-state index in [9.17, 15) is 9.59 Å². The van der Waals surface area contributed by atoms with Crippen LogP contribution in [-0.2, 0) is 4.74 Å². The van der Waals surface area contributed by atoms with Gasteiger partial charge in [-0.3, -0.25) is 4.79 Å². The van der Waals surface area contributed by atoms with Gasteiger partial charge in [-0.2, -0.15) is 0 Å². The molecule has 1 N–H and O–H groups in total. The molecule has 1 rings (SSSR count). The van der Waals surface area contributed by atoms with Gasteiger partial charge < -0.3 is 9.11 Å². The number of rotatable bonds is 2. The molecule has 0 aliphatic rings. The summed E-state index contributed by atoms with van der Waals surface area (Å²) < 4.78 is 7.24. The number of esters is 1. The van der Waals surface area contributed by atoms with E-state index in [0.717, 1.165) is 11.5 Å². The highest BCUT2D eigenvalue weighted by atomic mass is 32.1. The van der Waals surface area contributed by atoms with Crippen molar-refractivity contribution in [2.24, 2.45) is 0 Å². The van der Waals surface area contributed by atoms with Gasteiger partial charge >= 0.3 is 5.97 Å². The summed E-state index contributed by atoms with van der Waals surface area (Å²) in [5.41, 5.74) is 0.221. The normalized spacial score (nSPS) is 10.2. The zero-order valence-electron chi connectivity index (χ0n) is 6.79. The summed E-state index contributed by atoms with van der Waals surface area (Å²) in [5.74, 6) is -0.483. The molecule has 0 saturated carbocycles. The number of hydrogen-bond donors (Lipinski definition) is 1. The average molecular weight is 187 g/mol. The number of H-pyrrole nitrogens is 1. The van der Waals surface area contributed by atoms with Crippen molar-refractivity contribution in [2.75, 3.05) is 0 Å². The van der Waals surface area contributed by atoms with Gasteiger partial charge in [-0.25, -0.2) is 4.79 Å². The van der Waals surface area contributed by atoms with E-state index in [-0.39, 0.29) is 16.5 Å². The van der Waals surface area contributed by atoms with Gasteiger partial charge in [-0.15, -0.1) is 0 Å². The predicted molar refractivity (Wildman–Crippen MR) is 45.5 cm³/mol. The third-order valence-corrected chi connectivity index (χ3v) is 1.73. The highest BCUT2D eigenvalue weighted by Crippen LogP contribution is 1.99. The predicted octanol–water partition coefficient (Wildman–Crippen LogP) is 1.00. The minimum atomic E-state index is -0.483. The molecule has 0 spiro atoms. The molecule has 0 unspecified atom stereocenters. The molecular formula is C7H9NO3S. The van der Waals surface area contributed by atoms with Crippen LogP contribution in [-0.4, -0.2) is 16.4 Å². The second-order valence-corrected chi connectivity index (χ2v) is 3.35. The molecule has 0 aliphatic heterocycles. The molecule has 12 heavy (non-hydrogen) atoms. The van der Waals surface area contributed by atoms with Crippen molar-refractivity contribution in [3.8, 4) is 0 Å². The molecule has 0 amide bonds. The molecule has 4 nitrogen and oxygen atoms in total. The first-order valence-electron chi connectivity index (χ1n) is 3.49. The second-order valence-electron chi connectivity index (χ2n) is 2.54. The van der Waals surface area contributed by atoms with E-state index < -0.39 is 5.97 Å². The molecular weight excluding hydrogens is 178 g/mol. The lowest BCUT2D eigenvalue weighted by molar-refractivity contribution is 0.0372. The summed E-state index contributed by atoms with van der Waals surface area (Å²) in [6.45, 7) is 3.50. The van der Waals surface area contributed by atoms with Crippen LogP contribution in [0.25, 0.3) is 0 Å². The first-order valence-corrected chi connectivity index (χ1v) is 4.30. The topological polar surface area (TPSA) is 59.2 Å². The maximum Gasteiger partial charge on any atom is 0.355 e. The number of nitrogens with one attached hydrogen (secondary N) is 1. The summed E-state index contributed by atoms with van der Waals surface area (Å²) in [6.07, 6.45) is -0.166. The van der Waals surface area contributed by atoms with Crippen LogP contribution in [0.1, 0.15) is 24.3 Å². The number of hydrogen-bond acceptors (Lipinski definition) is 4. The summed E-state index contributed by atoms with van der Waals surface area (Å²) in [6, 6.07) is 1.23. The van der Waals surface area contributed by atoms with Gasteiger partial charge in [0.2, 0.25) is 4.74 Å². The maximum atomic E-state index is 11.1. The molecule has 0 fully saturated rings. The zero-order chi connectivity index (χ0) is 9.14. The highest BCUT2D eigenvalue weighted by Gasteiger charge is 2.10. The number of aromatic amines is 1. The fraction of sp³-hybridized carbons (Fsp3) is 0.429. The van der Waals surface area contributed by atoms with Crippen LogP contribution < -0.4 is 4.74 Å². The van der Waals surface area contributed by atoms with Gasteiger partial charge in [0.1, 0.15) is 5.69 Å². The van der Waals surface area contributed by atoms with E-state index in [0.29, 0.717) is 0 Å². The lowest BCUT2D eigenvalue weighted by Crippen LogP contribution is -2.11. The number of ether oxygens (including phenoxy) is 1. The lowest BCUT2D eigenvalue weighted by atomic mass is 10.4. The van der Waals surface area contributed by atoms with Crippen LogP contribution in [0.15, 0.2) is 10.9 Å². The summed E-state index contributed by atoms with van der Waals surface area (Å²) in [5, 5.41) is 0. The minimum Gasteiger partial charge on any atom is -0.458 e. The number of aromatic nitrogens is 1. The van der Waals surface area contributed by atoms with Gasteiger partial charge in [-0.05, 0) is 25.4 Å². The summed E-state index contributed by atoms with van der Waals surface area (Å²) in [7, 11) is 0. The minimum absolute atomic E-state index is 0.166. The van der Waals surface area contributed by atoms with Crippen molar-refractivity contribution in [3.05, 3.63) is 21.3 Å². The largest absolute Gasteiger partial charge is 0.458 e. The van der Waals surface area contributed by atoms with Crippen molar-refractivity contribution in [3.63, 3.8) is 0 Å². The summed E-state index contributed by atoms with van der Waals surface area (Å²) >= 11 is 0.878. The Morgan fingerprint density at radius 2 is 2.33 bits per heavy atom. The lowest BCUT2D eigenvalue weighted by Gasteiger charge is -2.04. The van der Waals surface area contributed by atoms with E-state index in [1.807, 2.05) is 0 Å². The van der Waals surface area contributed by atoms with Crippen LogP contribution in [0.5, 0.6) is 0 Å². The van der Waals surface area contributed by atoms with Crippen LogP contribution >= 0.6 is 11.5 Å². The standard InChI is InChI=1S/C7H9NO3S/c1-4(2)11-7(10)5-3-6(9)12-8-5/h3-4,8H,1-2H3. The van der Waals surface area contributed by atoms with Crippen molar-refractivity contribution in [2.45, 2.75) is 20.0 Å². The zero-order valence-corrected chi connectivity index (χ0v) is 7.60.